The minimum Gasteiger partial charge on any atom is -0.382 e. The Bertz CT molecular complexity index is 337. The summed E-state index contributed by atoms with van der Waals surface area (Å²) < 4.78 is 0. The third-order valence-electron chi connectivity index (χ3n) is 3.50. The third kappa shape index (κ3) is 1.91. The lowest BCUT2D eigenvalue weighted by Crippen LogP contribution is -2.42. The van der Waals surface area contributed by atoms with Crippen molar-refractivity contribution in [3.8, 4) is 0 Å². The molecule has 2 atom stereocenters. The smallest absolute Gasteiger partial charge is 0.146 e. The molecule has 0 amide bonds. The van der Waals surface area contributed by atoms with E-state index in [-0.39, 0.29) is 0 Å². The highest BCUT2D eigenvalue weighted by Gasteiger charge is 2.25. The number of hydrogen-bond acceptors (Lipinski definition) is 3. The van der Waals surface area contributed by atoms with E-state index in [0.29, 0.717) is 11.9 Å². The Balaban J connectivity index is 2.26. The Morgan fingerprint density at radius 2 is 2.27 bits per heavy atom. The Kier molecular flexibility index (Phi) is 2.80. The Labute approximate surface area is 91.3 Å². The molecule has 1 fully saturated rings. The second-order valence-electron chi connectivity index (χ2n) is 4.46. The third-order valence-corrected chi connectivity index (χ3v) is 3.50. The zero-order valence-corrected chi connectivity index (χ0v) is 9.48. The Morgan fingerprint density at radius 3 is 3.00 bits per heavy atom. The molecular weight excluding hydrogens is 186 g/mol. The number of aromatic nitrogens is 1. The van der Waals surface area contributed by atoms with Crippen LogP contribution in [0.1, 0.15) is 26.7 Å². The molecule has 2 heterocycles. The number of pyridine rings is 1. The number of nitrogens with zero attached hydrogens (tertiary/aromatic N) is 2. The molecule has 3 nitrogen and oxygen atoms in total. The van der Waals surface area contributed by atoms with Crippen LogP contribution >= 0.6 is 0 Å². The number of hydrogen-bond donors (Lipinski definition) is 1. The van der Waals surface area contributed by atoms with Crippen LogP contribution in [-0.2, 0) is 0 Å². The van der Waals surface area contributed by atoms with Crippen molar-refractivity contribution in [3.05, 3.63) is 18.3 Å². The molecule has 2 N–H and O–H groups in total. The van der Waals surface area contributed by atoms with E-state index < -0.39 is 0 Å². The molecule has 0 aliphatic carbocycles. The predicted molar refractivity (Wildman–Crippen MR) is 63.9 cm³/mol. The molecule has 1 aliphatic heterocycles. The van der Waals surface area contributed by atoms with Gasteiger partial charge in [0.05, 0.1) is 5.69 Å². The summed E-state index contributed by atoms with van der Waals surface area (Å²) in [6, 6.07) is 4.58. The van der Waals surface area contributed by atoms with E-state index in [1.807, 2.05) is 6.07 Å². The summed E-state index contributed by atoms with van der Waals surface area (Å²) in [5.41, 5.74) is 7.00. The van der Waals surface area contributed by atoms with Gasteiger partial charge in [-0.1, -0.05) is 6.92 Å². The lowest BCUT2D eigenvalue weighted by Gasteiger charge is -2.39. The molecule has 1 aliphatic rings. The highest BCUT2D eigenvalue weighted by molar-refractivity contribution is 5.63. The summed E-state index contributed by atoms with van der Waals surface area (Å²) in [5, 5.41) is 0. The van der Waals surface area contributed by atoms with Crippen LogP contribution in [0.2, 0.25) is 0 Å². The van der Waals surface area contributed by atoms with Gasteiger partial charge in [0, 0.05) is 18.8 Å². The van der Waals surface area contributed by atoms with Crippen LogP contribution < -0.4 is 10.6 Å². The van der Waals surface area contributed by atoms with Gasteiger partial charge in [0.25, 0.3) is 0 Å². The fourth-order valence-corrected chi connectivity index (χ4v) is 2.33. The first kappa shape index (κ1) is 10.3. The fraction of sp³-hybridized carbons (Fsp3) is 0.583. The predicted octanol–water partition coefficient (Wildman–Crippen LogP) is 2.29. The van der Waals surface area contributed by atoms with E-state index in [1.165, 1.54) is 12.8 Å². The highest BCUT2D eigenvalue weighted by atomic mass is 15.2. The second-order valence-corrected chi connectivity index (χ2v) is 4.46. The first-order valence-electron chi connectivity index (χ1n) is 5.67. The van der Waals surface area contributed by atoms with Gasteiger partial charge >= 0.3 is 0 Å². The number of piperidine rings is 1. The van der Waals surface area contributed by atoms with Crippen molar-refractivity contribution in [2.45, 2.75) is 32.7 Å². The average molecular weight is 205 g/mol. The monoisotopic (exact) mass is 205 g/mol. The van der Waals surface area contributed by atoms with E-state index in [1.54, 1.807) is 6.20 Å². The molecule has 0 bridgehead atoms. The maximum absolute atomic E-state index is 5.91. The van der Waals surface area contributed by atoms with Gasteiger partial charge in [-0.05, 0) is 37.8 Å². The molecule has 2 rings (SSSR count). The largest absolute Gasteiger partial charge is 0.382 e. The van der Waals surface area contributed by atoms with Gasteiger partial charge in [0.15, 0.2) is 0 Å². The molecule has 0 spiro atoms. The fourth-order valence-electron chi connectivity index (χ4n) is 2.33. The van der Waals surface area contributed by atoms with Crippen molar-refractivity contribution in [1.29, 1.82) is 0 Å². The van der Waals surface area contributed by atoms with Gasteiger partial charge in [0.2, 0.25) is 0 Å². The standard InChI is InChI=1S/C12H19N3/c1-9-5-4-8-15(10(9)2)11-6-3-7-14-12(11)13/h3,6-7,9-10H,4-5,8H2,1-2H3,(H2,13,14). The zero-order valence-electron chi connectivity index (χ0n) is 9.48. The Hall–Kier alpha value is -1.25. The summed E-state index contributed by atoms with van der Waals surface area (Å²) in [7, 11) is 0. The quantitative estimate of drug-likeness (QED) is 0.765. The van der Waals surface area contributed by atoms with Crippen molar-refractivity contribution in [2.24, 2.45) is 5.92 Å². The van der Waals surface area contributed by atoms with Crippen LogP contribution in [0.5, 0.6) is 0 Å². The van der Waals surface area contributed by atoms with E-state index in [0.717, 1.165) is 18.2 Å². The van der Waals surface area contributed by atoms with Crippen molar-refractivity contribution in [1.82, 2.24) is 4.98 Å². The first-order valence-corrected chi connectivity index (χ1v) is 5.67. The van der Waals surface area contributed by atoms with E-state index in [9.17, 15) is 0 Å². The summed E-state index contributed by atoms with van der Waals surface area (Å²) in [5.74, 6) is 1.39. The van der Waals surface area contributed by atoms with Gasteiger partial charge in [-0.2, -0.15) is 0 Å². The normalized spacial score (nSPS) is 26.7. The van der Waals surface area contributed by atoms with Crippen LogP contribution in [0.4, 0.5) is 11.5 Å². The minimum absolute atomic E-state index is 0.560. The van der Waals surface area contributed by atoms with Gasteiger partial charge in [-0.15, -0.1) is 0 Å². The lowest BCUT2D eigenvalue weighted by atomic mass is 9.91. The van der Waals surface area contributed by atoms with Crippen LogP contribution in [0.3, 0.4) is 0 Å². The van der Waals surface area contributed by atoms with E-state index in [2.05, 4.69) is 29.8 Å². The van der Waals surface area contributed by atoms with Gasteiger partial charge < -0.3 is 10.6 Å². The van der Waals surface area contributed by atoms with Gasteiger partial charge in [0.1, 0.15) is 5.82 Å². The SMILES string of the molecule is CC1CCCN(c2cccnc2N)C1C. The molecule has 2 unspecified atom stereocenters. The number of nitrogens with two attached hydrogens (primary N) is 1. The molecule has 82 valence electrons. The number of rotatable bonds is 1. The topological polar surface area (TPSA) is 42.2 Å². The lowest BCUT2D eigenvalue weighted by molar-refractivity contribution is 0.363. The second kappa shape index (κ2) is 4.09. The van der Waals surface area contributed by atoms with Crippen molar-refractivity contribution < 1.29 is 0 Å². The number of nitrogen functional groups attached to an aromatic ring is 1. The zero-order chi connectivity index (χ0) is 10.8. The van der Waals surface area contributed by atoms with Crippen molar-refractivity contribution in [2.75, 3.05) is 17.2 Å². The summed E-state index contributed by atoms with van der Waals surface area (Å²) in [6.07, 6.45) is 4.31. The summed E-state index contributed by atoms with van der Waals surface area (Å²) in [4.78, 5) is 6.54. The van der Waals surface area contributed by atoms with E-state index in [4.69, 9.17) is 5.73 Å². The van der Waals surface area contributed by atoms with Crippen molar-refractivity contribution >= 4 is 11.5 Å². The maximum atomic E-state index is 5.91. The van der Waals surface area contributed by atoms with E-state index >= 15 is 0 Å². The van der Waals surface area contributed by atoms with Crippen LogP contribution in [-0.4, -0.2) is 17.6 Å². The molecular formula is C12H19N3. The van der Waals surface area contributed by atoms with Crippen LogP contribution in [0.25, 0.3) is 0 Å². The molecule has 1 saturated heterocycles. The van der Waals surface area contributed by atoms with Crippen LogP contribution in [0, 0.1) is 5.92 Å². The molecule has 15 heavy (non-hydrogen) atoms. The Morgan fingerprint density at radius 1 is 1.47 bits per heavy atom. The van der Waals surface area contributed by atoms with Crippen molar-refractivity contribution in [3.63, 3.8) is 0 Å². The van der Waals surface area contributed by atoms with Crippen LogP contribution in [0.15, 0.2) is 18.3 Å². The maximum Gasteiger partial charge on any atom is 0.146 e. The molecule has 0 saturated carbocycles. The van der Waals surface area contributed by atoms with Gasteiger partial charge in [-0.25, -0.2) is 4.98 Å². The summed E-state index contributed by atoms with van der Waals surface area (Å²) >= 11 is 0. The molecule has 1 aromatic heterocycles. The minimum atomic E-state index is 0.560. The highest BCUT2D eigenvalue weighted by Crippen LogP contribution is 2.30. The molecule has 0 aromatic carbocycles. The molecule has 1 aromatic rings. The molecule has 3 heteroatoms. The number of anilines is 2. The average Bonchev–Trinajstić information content (AvgIpc) is 2.23. The summed E-state index contributed by atoms with van der Waals surface area (Å²) in [6.45, 7) is 5.68. The van der Waals surface area contributed by atoms with Gasteiger partial charge in [-0.3, -0.25) is 0 Å². The molecule has 0 radical (unpaired) electrons. The first-order chi connectivity index (χ1) is 7.20.